The molecule has 0 spiro atoms. The molecule has 0 saturated carbocycles. The van der Waals surface area contributed by atoms with E-state index in [1.54, 1.807) is 11.3 Å². The molecule has 0 radical (unpaired) electrons. The fourth-order valence-electron chi connectivity index (χ4n) is 4.00. The molecule has 6 heteroatoms. The SMILES string of the molecule is O=C([C@H]1CCCCN1C(=O)c1cc2c(s1)CCC2)N1CCOCC1. The van der Waals surface area contributed by atoms with E-state index in [0.29, 0.717) is 32.8 Å². The molecule has 1 aromatic rings. The van der Waals surface area contributed by atoms with Crippen LogP contribution in [0.25, 0.3) is 0 Å². The molecule has 0 bridgehead atoms. The van der Waals surface area contributed by atoms with Crippen LogP contribution in [0, 0.1) is 0 Å². The Labute approximate surface area is 146 Å². The summed E-state index contributed by atoms with van der Waals surface area (Å²) in [6, 6.07) is 1.78. The summed E-state index contributed by atoms with van der Waals surface area (Å²) in [5.74, 6) is 0.163. The van der Waals surface area contributed by atoms with E-state index in [1.807, 2.05) is 9.80 Å². The molecule has 1 aromatic heterocycles. The van der Waals surface area contributed by atoms with Gasteiger partial charge >= 0.3 is 0 Å². The topological polar surface area (TPSA) is 49.9 Å². The second kappa shape index (κ2) is 6.84. The largest absolute Gasteiger partial charge is 0.378 e. The monoisotopic (exact) mass is 348 g/mol. The highest BCUT2D eigenvalue weighted by Gasteiger charge is 2.36. The number of likely N-dealkylation sites (tertiary alicyclic amines) is 1. The maximum atomic E-state index is 13.0. The van der Waals surface area contributed by atoms with Gasteiger partial charge in [0.2, 0.25) is 5.91 Å². The Hall–Kier alpha value is -1.40. The van der Waals surface area contributed by atoms with Crippen LogP contribution < -0.4 is 0 Å². The molecule has 2 fully saturated rings. The molecule has 24 heavy (non-hydrogen) atoms. The lowest BCUT2D eigenvalue weighted by Gasteiger charge is -2.38. The summed E-state index contributed by atoms with van der Waals surface area (Å²) in [5.41, 5.74) is 1.34. The number of nitrogens with zero attached hydrogens (tertiary/aromatic N) is 2. The van der Waals surface area contributed by atoms with Crippen molar-refractivity contribution in [2.75, 3.05) is 32.8 Å². The lowest BCUT2D eigenvalue weighted by Crippen LogP contribution is -2.55. The maximum Gasteiger partial charge on any atom is 0.264 e. The number of ether oxygens (including phenoxy) is 1. The first kappa shape index (κ1) is 16.1. The van der Waals surface area contributed by atoms with Crippen LogP contribution in [0.2, 0.25) is 0 Å². The van der Waals surface area contributed by atoms with Crippen molar-refractivity contribution in [2.45, 2.75) is 44.6 Å². The first-order valence-corrected chi connectivity index (χ1v) is 9.85. The molecule has 2 aliphatic heterocycles. The van der Waals surface area contributed by atoms with E-state index in [4.69, 9.17) is 4.74 Å². The van der Waals surface area contributed by atoms with Crippen molar-refractivity contribution in [3.05, 3.63) is 21.4 Å². The Morgan fingerprint density at radius 3 is 2.71 bits per heavy atom. The minimum atomic E-state index is -0.290. The van der Waals surface area contributed by atoms with E-state index < -0.39 is 0 Å². The van der Waals surface area contributed by atoms with Gasteiger partial charge in [-0.3, -0.25) is 9.59 Å². The summed E-state index contributed by atoms with van der Waals surface area (Å²) in [6.07, 6.45) is 6.19. The zero-order valence-electron chi connectivity index (χ0n) is 14.0. The van der Waals surface area contributed by atoms with Crippen LogP contribution in [0.4, 0.5) is 0 Å². The predicted octanol–water partition coefficient (Wildman–Crippen LogP) is 2.09. The molecule has 2 saturated heterocycles. The molecular weight excluding hydrogens is 324 g/mol. The summed E-state index contributed by atoms with van der Waals surface area (Å²) < 4.78 is 5.34. The Morgan fingerprint density at radius 1 is 1.08 bits per heavy atom. The fraction of sp³-hybridized carbons (Fsp3) is 0.667. The van der Waals surface area contributed by atoms with Gasteiger partial charge in [0.1, 0.15) is 6.04 Å². The molecule has 3 heterocycles. The summed E-state index contributed by atoms with van der Waals surface area (Å²) in [4.78, 5) is 31.9. The number of morpholine rings is 1. The lowest BCUT2D eigenvalue weighted by atomic mass is 10.00. The highest BCUT2D eigenvalue weighted by atomic mass is 32.1. The lowest BCUT2D eigenvalue weighted by molar-refractivity contribution is -0.141. The summed E-state index contributed by atoms with van der Waals surface area (Å²) in [6.45, 7) is 3.19. The minimum absolute atomic E-state index is 0.0562. The fourth-order valence-corrected chi connectivity index (χ4v) is 5.21. The number of amides is 2. The quantitative estimate of drug-likeness (QED) is 0.822. The van der Waals surface area contributed by atoms with Crippen molar-refractivity contribution in [3.63, 3.8) is 0 Å². The minimum Gasteiger partial charge on any atom is -0.378 e. The summed E-state index contributed by atoms with van der Waals surface area (Å²) >= 11 is 1.64. The van der Waals surface area contributed by atoms with Crippen molar-refractivity contribution < 1.29 is 14.3 Å². The number of rotatable bonds is 2. The Balaban J connectivity index is 1.52. The number of hydrogen-bond donors (Lipinski definition) is 0. The van der Waals surface area contributed by atoms with Crippen molar-refractivity contribution in [1.29, 1.82) is 0 Å². The van der Waals surface area contributed by atoms with Crippen LogP contribution in [0.15, 0.2) is 6.07 Å². The van der Waals surface area contributed by atoms with E-state index in [2.05, 4.69) is 6.07 Å². The van der Waals surface area contributed by atoms with E-state index in [-0.39, 0.29) is 17.9 Å². The van der Waals surface area contributed by atoms with Gasteiger partial charge in [-0.15, -0.1) is 11.3 Å². The maximum absolute atomic E-state index is 13.0. The third-order valence-corrected chi connectivity index (χ3v) is 6.55. The van der Waals surface area contributed by atoms with Gasteiger partial charge in [0.15, 0.2) is 0 Å². The summed E-state index contributed by atoms with van der Waals surface area (Å²) in [7, 11) is 0. The van der Waals surface area contributed by atoms with Gasteiger partial charge in [-0.25, -0.2) is 0 Å². The van der Waals surface area contributed by atoms with Crippen molar-refractivity contribution in [2.24, 2.45) is 0 Å². The molecule has 0 N–H and O–H groups in total. The second-order valence-electron chi connectivity index (χ2n) is 6.86. The molecular formula is C18H24N2O3S. The molecule has 1 atom stereocenters. The highest BCUT2D eigenvalue weighted by Crippen LogP contribution is 2.32. The van der Waals surface area contributed by atoms with Crippen LogP contribution >= 0.6 is 11.3 Å². The van der Waals surface area contributed by atoms with Crippen LogP contribution in [0.1, 0.15) is 45.8 Å². The van der Waals surface area contributed by atoms with Crippen LogP contribution in [0.3, 0.4) is 0 Å². The Kier molecular flexibility index (Phi) is 4.59. The standard InChI is InChI=1S/C18H24N2O3S/c21-17(19-8-10-23-11-9-19)14-5-1-2-7-20(14)18(22)16-12-13-4-3-6-15(13)24-16/h12,14H,1-11H2/t14-/m1/s1. The number of aryl methyl sites for hydroxylation is 2. The van der Waals surface area contributed by atoms with Crippen molar-refractivity contribution in [3.8, 4) is 0 Å². The molecule has 0 aromatic carbocycles. The molecule has 2 amide bonds. The molecule has 0 unspecified atom stereocenters. The number of fused-ring (bicyclic) bond motifs is 1. The van der Waals surface area contributed by atoms with Gasteiger partial charge in [-0.05, 0) is 50.2 Å². The van der Waals surface area contributed by atoms with Gasteiger partial charge in [0.25, 0.3) is 5.91 Å². The third-order valence-electron chi connectivity index (χ3n) is 5.33. The first-order chi connectivity index (χ1) is 11.7. The van der Waals surface area contributed by atoms with Crippen LogP contribution in [0.5, 0.6) is 0 Å². The van der Waals surface area contributed by atoms with E-state index in [9.17, 15) is 9.59 Å². The first-order valence-electron chi connectivity index (χ1n) is 9.03. The third kappa shape index (κ3) is 2.97. The van der Waals surface area contributed by atoms with Gasteiger partial charge < -0.3 is 14.5 Å². The number of piperidine rings is 1. The molecule has 1 aliphatic carbocycles. The molecule has 3 aliphatic rings. The normalized spacial score (nSPS) is 24.1. The molecule has 4 rings (SSSR count). The number of hydrogen-bond acceptors (Lipinski definition) is 4. The highest BCUT2D eigenvalue weighted by molar-refractivity contribution is 7.14. The van der Waals surface area contributed by atoms with Gasteiger partial charge in [-0.1, -0.05) is 0 Å². The van der Waals surface area contributed by atoms with Crippen LogP contribution in [-0.4, -0.2) is 60.5 Å². The van der Waals surface area contributed by atoms with Gasteiger partial charge in [0.05, 0.1) is 18.1 Å². The molecule has 130 valence electrons. The average molecular weight is 348 g/mol. The Morgan fingerprint density at radius 2 is 1.92 bits per heavy atom. The smallest absolute Gasteiger partial charge is 0.264 e. The van der Waals surface area contributed by atoms with Crippen LogP contribution in [-0.2, 0) is 22.4 Å². The van der Waals surface area contributed by atoms with E-state index in [0.717, 1.165) is 37.0 Å². The number of carbonyl (C=O) groups excluding carboxylic acids is 2. The number of carbonyl (C=O) groups is 2. The van der Waals surface area contributed by atoms with E-state index >= 15 is 0 Å². The van der Waals surface area contributed by atoms with Gasteiger partial charge in [-0.2, -0.15) is 0 Å². The second-order valence-corrected chi connectivity index (χ2v) is 8.00. The summed E-state index contributed by atoms with van der Waals surface area (Å²) in [5, 5.41) is 0. The molecule has 5 nitrogen and oxygen atoms in total. The Bertz CT molecular complexity index is 615. The van der Waals surface area contributed by atoms with Crippen molar-refractivity contribution in [1.82, 2.24) is 9.80 Å². The predicted molar refractivity (Wildman–Crippen MR) is 92.4 cm³/mol. The van der Waals surface area contributed by atoms with Crippen molar-refractivity contribution >= 4 is 23.2 Å². The van der Waals surface area contributed by atoms with Gasteiger partial charge in [0, 0.05) is 24.5 Å². The van der Waals surface area contributed by atoms with E-state index in [1.165, 1.54) is 16.9 Å². The zero-order valence-corrected chi connectivity index (χ0v) is 14.8. The number of thiophene rings is 1. The zero-order chi connectivity index (χ0) is 16.5. The average Bonchev–Trinajstić information content (AvgIpc) is 3.23.